The van der Waals surface area contributed by atoms with Crippen LogP contribution in [0.25, 0.3) is 16.6 Å². The Morgan fingerprint density at radius 1 is 1.03 bits per heavy atom. The number of ether oxygens (including phenoxy) is 1. The number of amides is 1. The van der Waals surface area contributed by atoms with Crippen LogP contribution in [0.15, 0.2) is 73.1 Å². The lowest BCUT2D eigenvalue weighted by molar-refractivity contribution is -0.141. The lowest BCUT2D eigenvalue weighted by Crippen LogP contribution is -2.25. The number of hydrogen-bond donors (Lipinski definition) is 1. The molecule has 0 saturated carbocycles. The number of pyridine rings is 1. The molecule has 0 saturated heterocycles. The van der Waals surface area contributed by atoms with Gasteiger partial charge in [0.2, 0.25) is 0 Å². The molecule has 0 aliphatic heterocycles. The number of carbonyl (C=O) groups is 1. The number of rotatable bonds is 7. The first-order chi connectivity index (χ1) is 15.4. The van der Waals surface area contributed by atoms with Crippen molar-refractivity contribution in [3.63, 3.8) is 0 Å². The van der Waals surface area contributed by atoms with Crippen LogP contribution in [0.1, 0.15) is 22.5 Å². The zero-order valence-corrected chi connectivity index (χ0v) is 16.8. The molecule has 0 radical (unpaired) electrons. The number of benzene rings is 2. The van der Waals surface area contributed by atoms with E-state index >= 15 is 0 Å². The molecule has 0 fully saturated rings. The summed E-state index contributed by atoms with van der Waals surface area (Å²) < 4.78 is 45.0. The first-order valence-electron chi connectivity index (χ1n) is 9.90. The molecule has 6 nitrogen and oxygen atoms in total. The van der Waals surface area contributed by atoms with Crippen LogP contribution in [-0.4, -0.2) is 33.8 Å². The monoisotopic (exact) mass is 440 g/mol. The van der Waals surface area contributed by atoms with Crippen molar-refractivity contribution in [1.29, 1.82) is 0 Å². The summed E-state index contributed by atoms with van der Waals surface area (Å²) in [5.41, 5.74) is 0.643. The van der Waals surface area contributed by atoms with Gasteiger partial charge in [0.1, 0.15) is 11.3 Å². The van der Waals surface area contributed by atoms with E-state index in [0.717, 1.165) is 21.7 Å². The smallest absolute Gasteiger partial charge is 0.435 e. The quantitative estimate of drug-likeness (QED) is 0.425. The van der Waals surface area contributed by atoms with E-state index < -0.39 is 11.9 Å². The van der Waals surface area contributed by atoms with Crippen LogP contribution in [0.4, 0.5) is 13.2 Å². The lowest BCUT2D eigenvalue weighted by atomic mass is 10.2. The molecule has 1 amide bonds. The number of nitrogens with one attached hydrogen (secondary N) is 1. The molecule has 4 rings (SSSR count). The molecular weight excluding hydrogens is 421 g/mol. The van der Waals surface area contributed by atoms with Gasteiger partial charge in [-0.25, -0.2) is 4.68 Å². The number of nitrogens with zero attached hydrogens (tertiary/aromatic N) is 3. The summed E-state index contributed by atoms with van der Waals surface area (Å²) >= 11 is 0. The van der Waals surface area contributed by atoms with Crippen LogP contribution in [0, 0.1) is 0 Å². The molecule has 0 unspecified atom stereocenters. The van der Waals surface area contributed by atoms with Gasteiger partial charge in [-0.05, 0) is 48.9 Å². The summed E-state index contributed by atoms with van der Waals surface area (Å²) in [6, 6.07) is 16.6. The van der Waals surface area contributed by atoms with Gasteiger partial charge in [-0.2, -0.15) is 18.3 Å². The van der Waals surface area contributed by atoms with Crippen molar-refractivity contribution in [1.82, 2.24) is 20.1 Å². The molecule has 0 bridgehead atoms. The van der Waals surface area contributed by atoms with E-state index in [1.807, 2.05) is 30.3 Å². The molecule has 0 spiro atoms. The van der Waals surface area contributed by atoms with Gasteiger partial charge in [-0.3, -0.25) is 9.78 Å². The molecule has 2 heterocycles. The topological polar surface area (TPSA) is 69.0 Å². The number of aromatic nitrogens is 3. The van der Waals surface area contributed by atoms with E-state index in [4.69, 9.17) is 4.74 Å². The van der Waals surface area contributed by atoms with Gasteiger partial charge in [0, 0.05) is 29.9 Å². The minimum Gasteiger partial charge on any atom is -0.491 e. The van der Waals surface area contributed by atoms with E-state index in [9.17, 15) is 18.0 Å². The van der Waals surface area contributed by atoms with E-state index in [-0.39, 0.29) is 5.91 Å². The largest absolute Gasteiger partial charge is 0.491 e. The Kier molecular flexibility index (Phi) is 6.07. The third-order valence-electron chi connectivity index (χ3n) is 4.73. The summed E-state index contributed by atoms with van der Waals surface area (Å²) in [4.78, 5) is 16.6. The number of fused-ring (bicyclic) bond motifs is 1. The minimum atomic E-state index is -4.50. The van der Waals surface area contributed by atoms with E-state index in [0.29, 0.717) is 36.6 Å². The van der Waals surface area contributed by atoms with Gasteiger partial charge in [0.05, 0.1) is 12.3 Å². The number of para-hydroxylation sites is 1. The highest BCUT2D eigenvalue weighted by molar-refractivity contribution is 5.94. The van der Waals surface area contributed by atoms with Crippen molar-refractivity contribution >= 4 is 16.8 Å². The molecule has 0 atom stereocenters. The van der Waals surface area contributed by atoms with Crippen molar-refractivity contribution in [2.45, 2.75) is 12.6 Å². The van der Waals surface area contributed by atoms with Crippen LogP contribution in [0.3, 0.4) is 0 Å². The molecular formula is C23H19F3N4O2. The second-order valence-electron chi connectivity index (χ2n) is 6.98. The van der Waals surface area contributed by atoms with E-state index in [2.05, 4.69) is 15.4 Å². The summed E-state index contributed by atoms with van der Waals surface area (Å²) in [7, 11) is 0. The van der Waals surface area contributed by atoms with Gasteiger partial charge in [0.15, 0.2) is 5.69 Å². The number of alkyl halides is 3. The number of halogens is 3. The van der Waals surface area contributed by atoms with Gasteiger partial charge in [-0.1, -0.05) is 18.2 Å². The Morgan fingerprint density at radius 3 is 2.56 bits per heavy atom. The molecule has 9 heteroatoms. The summed E-state index contributed by atoms with van der Waals surface area (Å²) in [6.07, 6.45) is -0.967. The first-order valence-corrected chi connectivity index (χ1v) is 9.90. The fourth-order valence-corrected chi connectivity index (χ4v) is 3.14. The van der Waals surface area contributed by atoms with Gasteiger partial charge < -0.3 is 10.1 Å². The number of hydrogen-bond acceptors (Lipinski definition) is 4. The molecule has 4 aromatic rings. The first kappa shape index (κ1) is 21.4. The van der Waals surface area contributed by atoms with Gasteiger partial charge >= 0.3 is 6.18 Å². The highest BCUT2D eigenvalue weighted by Crippen LogP contribution is 2.28. The van der Waals surface area contributed by atoms with E-state index in [1.54, 1.807) is 18.3 Å². The standard InChI is InChI=1S/C23H19F3N4O2/c24-23(25,26)20-11-14-30(29-20)18-9-7-17(8-10-18)22(31)28-13-3-15-32-19-6-1-4-16-5-2-12-27-21(16)19/h1-2,4-12,14H,3,13,15H2,(H,28,31). The molecule has 164 valence electrons. The Hall–Kier alpha value is -3.88. The van der Waals surface area contributed by atoms with Crippen LogP contribution in [0.5, 0.6) is 5.75 Å². The van der Waals surface area contributed by atoms with Crippen LogP contribution in [0.2, 0.25) is 0 Å². The minimum absolute atomic E-state index is 0.278. The third-order valence-corrected chi connectivity index (χ3v) is 4.73. The van der Waals surface area contributed by atoms with E-state index in [1.165, 1.54) is 18.3 Å². The molecule has 2 aromatic carbocycles. The predicted molar refractivity (Wildman–Crippen MR) is 113 cm³/mol. The summed E-state index contributed by atoms with van der Waals surface area (Å²) in [5.74, 6) is 0.414. The third kappa shape index (κ3) is 4.88. The summed E-state index contributed by atoms with van der Waals surface area (Å²) in [6.45, 7) is 0.822. The van der Waals surface area contributed by atoms with Crippen LogP contribution >= 0.6 is 0 Å². The maximum Gasteiger partial charge on any atom is 0.435 e. The van der Waals surface area contributed by atoms with Crippen molar-refractivity contribution in [2.24, 2.45) is 0 Å². The molecule has 0 aliphatic rings. The molecule has 0 aliphatic carbocycles. The van der Waals surface area contributed by atoms with Crippen molar-refractivity contribution in [3.8, 4) is 11.4 Å². The van der Waals surface area contributed by atoms with Gasteiger partial charge in [-0.15, -0.1) is 0 Å². The Morgan fingerprint density at radius 2 is 1.81 bits per heavy atom. The maximum atomic E-state index is 12.7. The SMILES string of the molecule is O=C(NCCCOc1cccc2cccnc12)c1ccc(-n2ccc(C(F)(F)F)n2)cc1. The Bertz CT molecular complexity index is 1210. The summed E-state index contributed by atoms with van der Waals surface area (Å²) in [5, 5.41) is 7.31. The van der Waals surface area contributed by atoms with Crippen LogP contribution < -0.4 is 10.1 Å². The lowest BCUT2D eigenvalue weighted by Gasteiger charge is -2.09. The second kappa shape index (κ2) is 9.09. The van der Waals surface area contributed by atoms with Crippen molar-refractivity contribution in [2.75, 3.05) is 13.2 Å². The van der Waals surface area contributed by atoms with Crippen molar-refractivity contribution < 1.29 is 22.7 Å². The predicted octanol–water partition coefficient (Wildman–Crippen LogP) is 4.64. The Labute approximate surface area is 181 Å². The molecule has 1 N–H and O–H groups in total. The molecule has 2 aromatic heterocycles. The zero-order valence-electron chi connectivity index (χ0n) is 16.8. The normalized spacial score (nSPS) is 11.5. The average molecular weight is 440 g/mol. The fourth-order valence-electron chi connectivity index (χ4n) is 3.14. The number of carbonyl (C=O) groups excluding carboxylic acids is 1. The maximum absolute atomic E-state index is 12.7. The van der Waals surface area contributed by atoms with Crippen LogP contribution in [-0.2, 0) is 6.18 Å². The van der Waals surface area contributed by atoms with Gasteiger partial charge in [0.25, 0.3) is 5.91 Å². The fraction of sp³-hybridized carbons (Fsp3) is 0.174. The second-order valence-corrected chi connectivity index (χ2v) is 6.98. The Balaban J connectivity index is 1.27. The highest BCUT2D eigenvalue weighted by Gasteiger charge is 2.33. The average Bonchev–Trinajstić information content (AvgIpc) is 3.30. The zero-order chi connectivity index (χ0) is 22.6. The highest BCUT2D eigenvalue weighted by atomic mass is 19.4. The van der Waals surface area contributed by atoms with Crippen molar-refractivity contribution in [3.05, 3.63) is 84.3 Å². The molecule has 32 heavy (non-hydrogen) atoms.